The third-order valence-electron chi connectivity index (χ3n) is 4.13. The minimum Gasteiger partial charge on any atom is -0.374 e. The zero-order chi connectivity index (χ0) is 14.2. The van der Waals surface area contributed by atoms with Crippen molar-refractivity contribution < 1.29 is 9.53 Å². The Hall–Kier alpha value is -0.0300. The van der Waals surface area contributed by atoms with E-state index >= 15 is 0 Å². The third kappa shape index (κ3) is 2.94. The van der Waals surface area contributed by atoms with Gasteiger partial charge in [-0.3, -0.25) is 4.79 Å². The molecule has 0 N–H and O–H groups in total. The first-order valence-electron chi connectivity index (χ1n) is 6.81. The second kappa shape index (κ2) is 5.99. The van der Waals surface area contributed by atoms with Gasteiger partial charge in [-0.15, -0.1) is 0 Å². The molecule has 20 heavy (non-hydrogen) atoms. The van der Waals surface area contributed by atoms with E-state index in [1.54, 1.807) is 12.1 Å². The van der Waals surface area contributed by atoms with E-state index in [0.717, 1.165) is 40.8 Å². The molecule has 0 aliphatic carbocycles. The monoisotopic (exact) mass is 374 g/mol. The number of carbonyl (C=O) groups excluding carboxylic acids is 1. The van der Waals surface area contributed by atoms with Crippen LogP contribution in [-0.2, 0) is 4.74 Å². The number of halogens is 2. The molecule has 2 aliphatic rings. The molecule has 2 fully saturated rings. The van der Waals surface area contributed by atoms with Crippen molar-refractivity contribution in [3.8, 4) is 0 Å². The van der Waals surface area contributed by atoms with Crippen LogP contribution in [0.2, 0.25) is 5.02 Å². The molecule has 2 atom stereocenters. The van der Waals surface area contributed by atoms with Crippen molar-refractivity contribution in [3.63, 3.8) is 0 Å². The van der Waals surface area contributed by atoms with Crippen molar-refractivity contribution in [2.45, 2.75) is 24.9 Å². The van der Waals surface area contributed by atoms with E-state index in [-0.39, 0.29) is 17.3 Å². The van der Waals surface area contributed by atoms with Gasteiger partial charge in [0.15, 0.2) is 5.78 Å². The van der Waals surface area contributed by atoms with Gasteiger partial charge in [-0.1, -0.05) is 11.6 Å². The Morgan fingerprint density at radius 2 is 2.35 bits per heavy atom. The Morgan fingerprint density at radius 1 is 1.50 bits per heavy atom. The molecule has 2 saturated heterocycles. The Balaban J connectivity index is 1.79. The number of rotatable bonds is 2. The molecule has 0 saturated carbocycles. The summed E-state index contributed by atoms with van der Waals surface area (Å²) in [7, 11) is 0. The number of thioether (sulfide) groups is 1. The summed E-state index contributed by atoms with van der Waals surface area (Å²) in [5, 5.41) is 0.643. The van der Waals surface area contributed by atoms with Crippen LogP contribution in [0.1, 0.15) is 29.6 Å². The second-order valence-electron chi connectivity index (χ2n) is 5.51. The molecular formula is C15H16BrClO2S. The first-order chi connectivity index (χ1) is 9.60. The molecule has 0 radical (unpaired) electrons. The topological polar surface area (TPSA) is 26.3 Å². The van der Waals surface area contributed by atoms with E-state index < -0.39 is 0 Å². The summed E-state index contributed by atoms with van der Waals surface area (Å²) in [6.07, 6.45) is 2.75. The second-order valence-corrected chi connectivity index (χ2v) is 7.91. The fourth-order valence-corrected chi connectivity index (χ4v) is 5.28. The van der Waals surface area contributed by atoms with Crippen LogP contribution in [0.3, 0.4) is 0 Å². The summed E-state index contributed by atoms with van der Waals surface area (Å²) < 4.78 is 6.77. The van der Waals surface area contributed by atoms with Crippen LogP contribution in [0, 0.1) is 5.92 Å². The van der Waals surface area contributed by atoms with Crippen LogP contribution < -0.4 is 0 Å². The largest absolute Gasteiger partial charge is 0.374 e. The van der Waals surface area contributed by atoms with Gasteiger partial charge in [-0.2, -0.15) is 11.8 Å². The van der Waals surface area contributed by atoms with E-state index in [9.17, 15) is 4.79 Å². The van der Waals surface area contributed by atoms with Crippen LogP contribution in [0.25, 0.3) is 0 Å². The van der Waals surface area contributed by atoms with Gasteiger partial charge in [0.2, 0.25) is 0 Å². The van der Waals surface area contributed by atoms with E-state index in [2.05, 4.69) is 15.9 Å². The molecule has 2 unspecified atom stereocenters. The molecule has 3 rings (SSSR count). The molecule has 2 aliphatic heterocycles. The first-order valence-corrected chi connectivity index (χ1v) is 9.13. The summed E-state index contributed by atoms with van der Waals surface area (Å²) in [5.74, 6) is 2.46. The highest BCUT2D eigenvalue weighted by molar-refractivity contribution is 9.10. The van der Waals surface area contributed by atoms with E-state index in [0.29, 0.717) is 11.6 Å². The Morgan fingerprint density at radius 3 is 3.05 bits per heavy atom. The van der Waals surface area contributed by atoms with Gasteiger partial charge in [-0.25, -0.2) is 0 Å². The van der Waals surface area contributed by atoms with E-state index in [1.807, 2.05) is 17.8 Å². The maximum atomic E-state index is 12.7. The predicted octanol–water partition coefficient (Wildman–Crippen LogP) is 4.59. The molecule has 2 nitrogen and oxygen atoms in total. The first kappa shape index (κ1) is 14.9. The van der Waals surface area contributed by atoms with Crippen LogP contribution in [-0.4, -0.2) is 29.5 Å². The smallest absolute Gasteiger partial charge is 0.167 e. The average Bonchev–Trinajstić information content (AvgIpc) is 2.86. The molecule has 0 bridgehead atoms. The van der Waals surface area contributed by atoms with Gasteiger partial charge >= 0.3 is 0 Å². The zero-order valence-electron chi connectivity index (χ0n) is 11.0. The van der Waals surface area contributed by atoms with Gasteiger partial charge in [-0.05, 0) is 59.1 Å². The van der Waals surface area contributed by atoms with Crippen LogP contribution >= 0.6 is 39.3 Å². The predicted molar refractivity (Wildman–Crippen MR) is 86.8 cm³/mol. The number of carbonyl (C=O) groups is 1. The van der Waals surface area contributed by atoms with Crippen LogP contribution in [0.4, 0.5) is 0 Å². The fourth-order valence-electron chi connectivity index (χ4n) is 3.02. The highest BCUT2D eigenvalue weighted by Gasteiger charge is 2.42. The summed E-state index contributed by atoms with van der Waals surface area (Å²) in [5.41, 5.74) is 0.685. The van der Waals surface area contributed by atoms with Crippen molar-refractivity contribution in [2.24, 2.45) is 5.92 Å². The maximum absolute atomic E-state index is 12.7. The zero-order valence-corrected chi connectivity index (χ0v) is 14.2. The third-order valence-corrected chi connectivity index (χ3v) is 6.24. The van der Waals surface area contributed by atoms with Crippen LogP contribution in [0.15, 0.2) is 22.7 Å². The number of ketones is 1. The number of ether oxygens (including phenoxy) is 1. The summed E-state index contributed by atoms with van der Waals surface area (Å²) >= 11 is 11.3. The van der Waals surface area contributed by atoms with Gasteiger partial charge in [0.05, 0.1) is 5.60 Å². The Bertz CT molecular complexity index is 529. The molecule has 2 heterocycles. The van der Waals surface area contributed by atoms with Crippen molar-refractivity contribution in [2.75, 3.05) is 18.1 Å². The number of hydrogen-bond donors (Lipinski definition) is 0. The lowest BCUT2D eigenvalue weighted by Gasteiger charge is -2.37. The summed E-state index contributed by atoms with van der Waals surface area (Å²) in [6, 6.07) is 5.38. The quantitative estimate of drug-likeness (QED) is 0.707. The molecule has 1 aromatic carbocycles. The molecule has 108 valence electrons. The number of Topliss-reactive ketones (excluding diaryl/α,β-unsaturated/α-hetero) is 1. The minimum atomic E-state index is -0.0534. The molecule has 0 aromatic heterocycles. The molecule has 1 aromatic rings. The highest BCUT2D eigenvalue weighted by Crippen LogP contribution is 2.41. The Labute approximate surface area is 136 Å². The lowest BCUT2D eigenvalue weighted by Crippen LogP contribution is -2.42. The van der Waals surface area contributed by atoms with E-state index in [1.165, 1.54) is 0 Å². The number of benzene rings is 1. The fraction of sp³-hybridized carbons (Fsp3) is 0.533. The van der Waals surface area contributed by atoms with E-state index in [4.69, 9.17) is 16.3 Å². The van der Waals surface area contributed by atoms with Gasteiger partial charge < -0.3 is 4.74 Å². The van der Waals surface area contributed by atoms with Crippen molar-refractivity contribution in [1.29, 1.82) is 0 Å². The van der Waals surface area contributed by atoms with Crippen LogP contribution in [0.5, 0.6) is 0 Å². The van der Waals surface area contributed by atoms with Gasteiger partial charge in [0, 0.05) is 33.3 Å². The SMILES string of the molecule is O=C(c1ccc(Cl)cc1Br)C1CCOC2(CCSC2)C1. The standard InChI is InChI=1S/C15H16BrClO2S/c16-13-7-11(17)1-2-12(13)14(18)10-3-5-19-15(8-10)4-6-20-9-15/h1-2,7,10H,3-6,8-9H2. The lowest BCUT2D eigenvalue weighted by atomic mass is 9.81. The Kier molecular flexibility index (Phi) is 4.46. The van der Waals surface area contributed by atoms with Crippen molar-refractivity contribution >= 4 is 45.1 Å². The summed E-state index contributed by atoms with van der Waals surface area (Å²) in [4.78, 5) is 12.7. The highest BCUT2D eigenvalue weighted by atomic mass is 79.9. The normalized spacial score (nSPS) is 29.8. The molecule has 5 heteroatoms. The number of hydrogen-bond acceptors (Lipinski definition) is 3. The molecule has 0 amide bonds. The molecular weight excluding hydrogens is 360 g/mol. The van der Waals surface area contributed by atoms with Crippen molar-refractivity contribution in [1.82, 2.24) is 0 Å². The molecule has 1 spiro atoms. The maximum Gasteiger partial charge on any atom is 0.167 e. The average molecular weight is 376 g/mol. The van der Waals surface area contributed by atoms with Gasteiger partial charge in [0.25, 0.3) is 0 Å². The van der Waals surface area contributed by atoms with Crippen molar-refractivity contribution in [3.05, 3.63) is 33.3 Å². The lowest BCUT2D eigenvalue weighted by molar-refractivity contribution is -0.0734. The minimum absolute atomic E-state index is 0.0534. The summed E-state index contributed by atoms with van der Waals surface area (Å²) in [6.45, 7) is 0.697. The van der Waals surface area contributed by atoms with Gasteiger partial charge in [0.1, 0.15) is 0 Å².